The van der Waals surface area contributed by atoms with E-state index in [1.165, 1.54) is 46.5 Å². The van der Waals surface area contributed by atoms with Gasteiger partial charge in [-0.2, -0.15) is 0 Å². The molecular weight excluding hydrogens is 461 g/mol. The normalized spacial score (nSPS) is 15.3. The van der Waals surface area contributed by atoms with Crippen molar-refractivity contribution in [3.63, 3.8) is 0 Å². The van der Waals surface area contributed by atoms with Gasteiger partial charge in [0.25, 0.3) is 5.91 Å². The standard InChI is InChI=1S/C28H26FN3O2S/c1-20(12-13-21-8-4-2-5-9-21)30-26(33)19-35-28-31-25(18-22-10-6-3-7-11-22)27(34)32(28)24-16-14-23(29)15-17-24/h2-11,14-18,20H,12-13,19H2,1H3,(H,30,33). The van der Waals surface area contributed by atoms with Gasteiger partial charge in [0.15, 0.2) is 5.17 Å². The molecular formula is C28H26FN3O2S. The molecule has 0 saturated carbocycles. The van der Waals surface area contributed by atoms with Crippen molar-refractivity contribution in [2.45, 2.75) is 25.8 Å². The maximum Gasteiger partial charge on any atom is 0.283 e. The average molecular weight is 488 g/mol. The van der Waals surface area contributed by atoms with E-state index in [4.69, 9.17) is 0 Å². The van der Waals surface area contributed by atoms with Gasteiger partial charge in [-0.05, 0) is 61.2 Å². The van der Waals surface area contributed by atoms with E-state index in [2.05, 4.69) is 22.4 Å². The van der Waals surface area contributed by atoms with Crippen molar-refractivity contribution in [3.8, 4) is 0 Å². The van der Waals surface area contributed by atoms with Crippen LogP contribution in [0.3, 0.4) is 0 Å². The highest BCUT2D eigenvalue weighted by molar-refractivity contribution is 8.14. The number of amidine groups is 1. The van der Waals surface area contributed by atoms with Crippen LogP contribution in [0.1, 0.15) is 24.5 Å². The van der Waals surface area contributed by atoms with Gasteiger partial charge >= 0.3 is 0 Å². The number of thioether (sulfide) groups is 1. The maximum atomic E-state index is 13.5. The lowest BCUT2D eigenvalue weighted by atomic mass is 10.1. The Labute approximate surface area is 208 Å². The van der Waals surface area contributed by atoms with Crippen LogP contribution in [0, 0.1) is 5.82 Å². The van der Waals surface area contributed by atoms with Crippen LogP contribution in [-0.2, 0) is 16.0 Å². The molecule has 1 aliphatic rings. The molecule has 1 unspecified atom stereocenters. The minimum absolute atomic E-state index is 0.0113. The predicted octanol–water partition coefficient (Wildman–Crippen LogP) is 5.44. The number of hydrogen-bond acceptors (Lipinski definition) is 4. The van der Waals surface area contributed by atoms with Gasteiger partial charge in [0, 0.05) is 6.04 Å². The Hall–Kier alpha value is -3.71. The first-order chi connectivity index (χ1) is 17.0. The lowest BCUT2D eigenvalue weighted by Crippen LogP contribution is -2.36. The quantitative estimate of drug-likeness (QED) is 0.431. The van der Waals surface area contributed by atoms with Gasteiger partial charge in [0.05, 0.1) is 11.4 Å². The smallest absolute Gasteiger partial charge is 0.283 e. The van der Waals surface area contributed by atoms with E-state index in [-0.39, 0.29) is 29.3 Å². The summed E-state index contributed by atoms with van der Waals surface area (Å²) in [6.45, 7) is 1.98. The van der Waals surface area contributed by atoms with Crippen LogP contribution in [0.5, 0.6) is 0 Å². The minimum Gasteiger partial charge on any atom is -0.353 e. The van der Waals surface area contributed by atoms with Crippen LogP contribution >= 0.6 is 11.8 Å². The van der Waals surface area contributed by atoms with E-state index in [9.17, 15) is 14.0 Å². The molecule has 3 aromatic rings. The number of rotatable bonds is 8. The molecule has 5 nitrogen and oxygen atoms in total. The summed E-state index contributed by atoms with van der Waals surface area (Å²) >= 11 is 1.18. The van der Waals surface area contributed by atoms with Crippen molar-refractivity contribution < 1.29 is 14.0 Å². The number of amides is 2. The van der Waals surface area contributed by atoms with E-state index in [0.717, 1.165) is 18.4 Å². The molecule has 1 N–H and O–H groups in total. The summed E-state index contributed by atoms with van der Waals surface area (Å²) in [5.41, 5.74) is 2.83. The number of halogens is 1. The van der Waals surface area contributed by atoms with Crippen molar-refractivity contribution in [1.29, 1.82) is 0 Å². The van der Waals surface area contributed by atoms with Crippen molar-refractivity contribution in [2.75, 3.05) is 10.7 Å². The minimum atomic E-state index is -0.393. The zero-order chi connectivity index (χ0) is 24.6. The predicted molar refractivity (Wildman–Crippen MR) is 141 cm³/mol. The van der Waals surface area contributed by atoms with E-state index >= 15 is 0 Å². The Kier molecular flexibility index (Phi) is 8.11. The number of carbonyl (C=O) groups is 2. The fourth-order valence-corrected chi connectivity index (χ4v) is 4.49. The summed E-state index contributed by atoms with van der Waals surface area (Å²) in [6.07, 6.45) is 3.41. The van der Waals surface area contributed by atoms with Crippen molar-refractivity contribution in [1.82, 2.24) is 5.32 Å². The maximum absolute atomic E-state index is 13.5. The average Bonchev–Trinajstić information content (AvgIpc) is 3.18. The highest BCUT2D eigenvalue weighted by Gasteiger charge is 2.32. The summed E-state index contributed by atoms with van der Waals surface area (Å²) in [5.74, 6) is -0.738. The summed E-state index contributed by atoms with van der Waals surface area (Å²) in [7, 11) is 0. The molecule has 1 atom stereocenters. The van der Waals surface area contributed by atoms with Gasteiger partial charge < -0.3 is 5.32 Å². The first-order valence-corrected chi connectivity index (χ1v) is 12.4. The second-order valence-electron chi connectivity index (χ2n) is 8.23. The van der Waals surface area contributed by atoms with Crippen LogP contribution in [-0.4, -0.2) is 28.8 Å². The molecule has 0 spiro atoms. The van der Waals surface area contributed by atoms with Crippen LogP contribution in [0.2, 0.25) is 0 Å². The van der Waals surface area contributed by atoms with Crippen LogP contribution in [0.4, 0.5) is 10.1 Å². The molecule has 1 aliphatic heterocycles. The van der Waals surface area contributed by atoms with Gasteiger partial charge in [-0.1, -0.05) is 72.4 Å². The fourth-order valence-electron chi connectivity index (χ4n) is 3.66. The molecule has 7 heteroatoms. The van der Waals surface area contributed by atoms with Gasteiger partial charge in [-0.3, -0.25) is 14.5 Å². The SMILES string of the molecule is CC(CCc1ccccc1)NC(=O)CSC1=NC(=Cc2ccccc2)C(=O)N1c1ccc(F)cc1. The number of benzene rings is 3. The third-order valence-electron chi connectivity index (χ3n) is 5.47. The lowest BCUT2D eigenvalue weighted by Gasteiger charge is -2.18. The molecule has 0 radical (unpaired) electrons. The second kappa shape index (κ2) is 11.6. The van der Waals surface area contributed by atoms with Crippen LogP contribution < -0.4 is 10.2 Å². The Bertz CT molecular complexity index is 1230. The zero-order valence-electron chi connectivity index (χ0n) is 19.4. The molecule has 2 amide bonds. The summed E-state index contributed by atoms with van der Waals surface area (Å²) < 4.78 is 13.5. The molecule has 0 aliphatic carbocycles. The first-order valence-electron chi connectivity index (χ1n) is 11.4. The molecule has 0 fully saturated rings. The highest BCUT2D eigenvalue weighted by atomic mass is 32.2. The molecule has 1 heterocycles. The number of nitrogens with one attached hydrogen (secondary N) is 1. The van der Waals surface area contributed by atoms with Crippen molar-refractivity contribution >= 4 is 40.5 Å². The van der Waals surface area contributed by atoms with Gasteiger partial charge in [-0.25, -0.2) is 9.38 Å². The first kappa shape index (κ1) is 24.4. The Morgan fingerprint density at radius 3 is 2.37 bits per heavy atom. The number of anilines is 1. The molecule has 0 aromatic heterocycles. The van der Waals surface area contributed by atoms with E-state index < -0.39 is 5.82 Å². The fraction of sp³-hybridized carbons (Fsp3) is 0.179. The number of carbonyl (C=O) groups excluding carboxylic acids is 2. The summed E-state index contributed by atoms with van der Waals surface area (Å²) in [6, 6.07) is 25.2. The topological polar surface area (TPSA) is 61.8 Å². The number of nitrogens with zero attached hydrogens (tertiary/aromatic N) is 2. The van der Waals surface area contributed by atoms with E-state index in [1.54, 1.807) is 6.08 Å². The van der Waals surface area contributed by atoms with Crippen molar-refractivity contribution in [3.05, 3.63) is 108 Å². The zero-order valence-corrected chi connectivity index (χ0v) is 20.2. The van der Waals surface area contributed by atoms with Crippen LogP contribution in [0.25, 0.3) is 6.08 Å². The Balaban J connectivity index is 1.43. The van der Waals surface area contributed by atoms with Crippen LogP contribution in [0.15, 0.2) is 95.6 Å². The largest absolute Gasteiger partial charge is 0.353 e. The summed E-state index contributed by atoms with van der Waals surface area (Å²) in [5, 5.41) is 3.40. The molecule has 35 heavy (non-hydrogen) atoms. The molecule has 3 aromatic carbocycles. The lowest BCUT2D eigenvalue weighted by molar-refractivity contribution is -0.119. The molecule has 4 rings (SSSR count). The van der Waals surface area contributed by atoms with E-state index in [1.807, 2.05) is 55.5 Å². The number of aliphatic imine (C=N–C) groups is 1. The third-order valence-corrected chi connectivity index (χ3v) is 6.40. The number of hydrogen-bond donors (Lipinski definition) is 1. The molecule has 178 valence electrons. The summed E-state index contributed by atoms with van der Waals surface area (Å²) in [4.78, 5) is 31.7. The van der Waals surface area contributed by atoms with Gasteiger partial charge in [0.2, 0.25) is 5.91 Å². The second-order valence-corrected chi connectivity index (χ2v) is 9.18. The van der Waals surface area contributed by atoms with Gasteiger partial charge in [0.1, 0.15) is 11.5 Å². The highest BCUT2D eigenvalue weighted by Crippen LogP contribution is 2.29. The third kappa shape index (κ3) is 6.67. The Morgan fingerprint density at radius 2 is 1.69 bits per heavy atom. The monoisotopic (exact) mass is 487 g/mol. The van der Waals surface area contributed by atoms with Gasteiger partial charge in [-0.15, -0.1) is 0 Å². The Morgan fingerprint density at radius 1 is 1.03 bits per heavy atom. The molecule has 0 bridgehead atoms. The molecule has 0 saturated heterocycles. The van der Waals surface area contributed by atoms with E-state index in [0.29, 0.717) is 10.9 Å². The number of aryl methyl sites for hydroxylation is 1. The van der Waals surface area contributed by atoms with Crippen molar-refractivity contribution in [2.24, 2.45) is 4.99 Å².